The Labute approximate surface area is 98.2 Å². The number of rotatable bonds is 3. The fourth-order valence-electron chi connectivity index (χ4n) is 1.72. The number of aliphatic hydroxyl groups is 1. The van der Waals surface area contributed by atoms with Gasteiger partial charge in [-0.2, -0.15) is 0 Å². The summed E-state index contributed by atoms with van der Waals surface area (Å²) < 4.78 is 4.68. The van der Waals surface area contributed by atoms with Gasteiger partial charge >= 0.3 is 5.97 Å². The summed E-state index contributed by atoms with van der Waals surface area (Å²) in [5.41, 5.74) is -2.64. The Kier molecular flexibility index (Phi) is 4.00. The number of carbonyl (C=O) groups is 1. The summed E-state index contributed by atoms with van der Waals surface area (Å²) in [6.45, 7) is 19.2. The van der Waals surface area contributed by atoms with E-state index in [1.165, 1.54) is 13.3 Å². The topological polar surface area (TPSA) is 46.5 Å². The van der Waals surface area contributed by atoms with Gasteiger partial charge in [0.15, 0.2) is 6.61 Å². The maximum absolute atomic E-state index is 10.7. The van der Waals surface area contributed by atoms with Crippen molar-refractivity contribution in [2.45, 2.75) is 25.4 Å². The summed E-state index contributed by atoms with van der Waals surface area (Å²) in [6.07, 6.45) is 3.70. The van der Waals surface area contributed by atoms with Gasteiger partial charge in [0, 0.05) is 13.3 Å². The molecule has 0 amide bonds. The van der Waals surface area contributed by atoms with Crippen LogP contribution in [0.15, 0.2) is 0 Å². The first-order valence-electron chi connectivity index (χ1n) is 5.01. The highest BCUT2D eigenvalue weighted by Crippen LogP contribution is 2.44. The van der Waals surface area contributed by atoms with E-state index in [2.05, 4.69) is 4.74 Å². The molecule has 0 aromatic heterocycles. The second kappa shape index (κ2) is 4.74. The zero-order valence-electron chi connectivity index (χ0n) is 9.22. The van der Waals surface area contributed by atoms with Gasteiger partial charge in [0.25, 0.3) is 0 Å². The van der Waals surface area contributed by atoms with E-state index in [0.717, 1.165) is 6.61 Å². The van der Waals surface area contributed by atoms with Crippen molar-refractivity contribution in [3.8, 4) is 0 Å². The molecular formula is C13H15O3. The van der Waals surface area contributed by atoms with Crippen LogP contribution in [-0.2, 0) is 9.53 Å². The van der Waals surface area contributed by atoms with E-state index < -0.39 is 17.0 Å². The standard InChI is InChI=1S/C13H15O3/c1-5-11-6-7-12(3,4)8-13(11,15)9-16-10(2)14/h1,3-4,6,8-9,11,15H,5,7H2,2H3. The van der Waals surface area contributed by atoms with Crippen molar-refractivity contribution in [1.82, 2.24) is 0 Å². The molecule has 0 aromatic rings. The van der Waals surface area contributed by atoms with Gasteiger partial charge in [0.1, 0.15) is 5.60 Å². The molecule has 0 saturated heterocycles. The molecule has 2 unspecified atom stereocenters. The van der Waals surface area contributed by atoms with E-state index in [4.69, 9.17) is 20.8 Å². The van der Waals surface area contributed by atoms with Gasteiger partial charge in [-0.3, -0.25) is 4.79 Å². The first-order valence-corrected chi connectivity index (χ1v) is 5.01. The zero-order valence-corrected chi connectivity index (χ0v) is 9.22. The van der Waals surface area contributed by atoms with Crippen LogP contribution in [0, 0.1) is 51.6 Å². The third-order valence-electron chi connectivity index (χ3n) is 2.52. The Hall–Kier alpha value is -0.570. The Bertz CT molecular complexity index is 260. The van der Waals surface area contributed by atoms with Crippen LogP contribution in [0.3, 0.4) is 0 Å². The number of hydrogen-bond donors (Lipinski definition) is 1. The van der Waals surface area contributed by atoms with Crippen LogP contribution in [0.5, 0.6) is 0 Å². The van der Waals surface area contributed by atoms with E-state index >= 15 is 0 Å². The summed E-state index contributed by atoms with van der Waals surface area (Å²) >= 11 is 0. The molecule has 3 heteroatoms. The van der Waals surface area contributed by atoms with Crippen molar-refractivity contribution in [2.75, 3.05) is 0 Å². The van der Waals surface area contributed by atoms with Gasteiger partial charge in [-0.1, -0.05) is 0 Å². The largest absolute Gasteiger partial charge is 0.455 e. The predicted octanol–water partition coefficient (Wildman–Crippen LogP) is 1.38. The Morgan fingerprint density at radius 2 is 2.31 bits per heavy atom. The first-order chi connectivity index (χ1) is 7.29. The van der Waals surface area contributed by atoms with E-state index in [0.29, 0.717) is 6.42 Å². The van der Waals surface area contributed by atoms with Gasteiger partial charge in [-0.25, -0.2) is 0 Å². The molecule has 16 heavy (non-hydrogen) atoms. The van der Waals surface area contributed by atoms with Gasteiger partial charge in [-0.05, 0) is 51.4 Å². The molecule has 9 radical (unpaired) electrons. The number of carbonyl (C=O) groups excluding carboxylic acids is 1. The molecule has 1 fully saturated rings. The molecule has 0 spiro atoms. The van der Waals surface area contributed by atoms with Crippen LogP contribution in [0.2, 0.25) is 0 Å². The average molecular weight is 219 g/mol. The van der Waals surface area contributed by atoms with E-state index in [-0.39, 0.29) is 12.3 Å². The molecule has 1 N–H and O–H groups in total. The fourth-order valence-corrected chi connectivity index (χ4v) is 1.72. The lowest BCUT2D eigenvalue weighted by molar-refractivity contribution is -0.143. The molecule has 2 atom stereocenters. The highest BCUT2D eigenvalue weighted by molar-refractivity contribution is 5.66. The molecule has 85 valence electrons. The van der Waals surface area contributed by atoms with Crippen LogP contribution in [-0.4, -0.2) is 16.7 Å². The smallest absolute Gasteiger partial charge is 0.303 e. The Balaban J connectivity index is 2.72. The lowest BCUT2D eigenvalue weighted by Gasteiger charge is -2.45. The predicted molar refractivity (Wildman–Crippen MR) is 57.7 cm³/mol. The van der Waals surface area contributed by atoms with Crippen molar-refractivity contribution >= 4 is 5.97 Å². The maximum atomic E-state index is 10.7. The van der Waals surface area contributed by atoms with E-state index in [1.54, 1.807) is 6.42 Å². The van der Waals surface area contributed by atoms with Crippen LogP contribution >= 0.6 is 0 Å². The Morgan fingerprint density at radius 1 is 1.69 bits per heavy atom. The normalized spacial score (nSPS) is 33.4. The van der Waals surface area contributed by atoms with Gasteiger partial charge in [0.05, 0.1) is 0 Å². The van der Waals surface area contributed by atoms with Crippen molar-refractivity contribution < 1.29 is 14.6 Å². The molecule has 1 aliphatic rings. The van der Waals surface area contributed by atoms with Gasteiger partial charge in [0.2, 0.25) is 0 Å². The molecule has 1 saturated carbocycles. The van der Waals surface area contributed by atoms with Crippen molar-refractivity contribution in [3.05, 3.63) is 40.2 Å². The summed E-state index contributed by atoms with van der Waals surface area (Å²) in [7, 11) is 0. The Morgan fingerprint density at radius 3 is 2.81 bits per heavy atom. The lowest BCUT2D eigenvalue weighted by Crippen LogP contribution is -2.48. The van der Waals surface area contributed by atoms with Gasteiger partial charge in [-0.15, -0.1) is 0 Å². The highest BCUT2D eigenvalue weighted by Gasteiger charge is 2.46. The van der Waals surface area contributed by atoms with Gasteiger partial charge < -0.3 is 9.84 Å². The van der Waals surface area contributed by atoms with Crippen molar-refractivity contribution in [2.24, 2.45) is 11.3 Å². The van der Waals surface area contributed by atoms with Crippen molar-refractivity contribution in [3.63, 3.8) is 0 Å². The minimum Gasteiger partial charge on any atom is -0.455 e. The number of hydrogen-bond acceptors (Lipinski definition) is 3. The minimum absolute atomic E-state index is 0.209. The van der Waals surface area contributed by atoms with Crippen LogP contribution in [0.25, 0.3) is 0 Å². The maximum Gasteiger partial charge on any atom is 0.303 e. The van der Waals surface area contributed by atoms with E-state index in [1.807, 2.05) is 0 Å². The quantitative estimate of drug-likeness (QED) is 0.729. The van der Waals surface area contributed by atoms with Crippen LogP contribution in [0.1, 0.15) is 19.8 Å². The second-order valence-electron chi connectivity index (χ2n) is 4.15. The summed E-state index contributed by atoms with van der Waals surface area (Å²) in [4.78, 5) is 10.7. The second-order valence-corrected chi connectivity index (χ2v) is 4.15. The third kappa shape index (κ3) is 3.21. The molecular weight excluding hydrogens is 204 g/mol. The number of ether oxygens (including phenoxy) is 1. The summed E-state index contributed by atoms with van der Waals surface area (Å²) in [5, 5.41) is 10.3. The van der Waals surface area contributed by atoms with E-state index in [9.17, 15) is 9.90 Å². The molecule has 0 aromatic carbocycles. The summed E-state index contributed by atoms with van der Waals surface area (Å²) in [5.74, 6) is -0.894. The number of esters is 1. The fraction of sp³-hybridized carbons (Fsp3) is 0.462. The van der Waals surface area contributed by atoms with Crippen LogP contribution in [0.4, 0.5) is 0 Å². The summed E-state index contributed by atoms with van der Waals surface area (Å²) in [6, 6.07) is 0. The molecule has 1 rings (SSSR count). The minimum atomic E-state index is -1.51. The van der Waals surface area contributed by atoms with Crippen LogP contribution < -0.4 is 0 Å². The zero-order chi connectivity index (χ0) is 12.4. The SMILES string of the molecule is [CH]CC1[CH]CC([CH])([CH])[CH]C1(O)[CH]OC(C)=O. The molecule has 0 aliphatic heterocycles. The molecule has 1 aliphatic carbocycles. The first kappa shape index (κ1) is 13.5. The highest BCUT2D eigenvalue weighted by atomic mass is 16.5. The van der Waals surface area contributed by atoms with Crippen molar-refractivity contribution in [1.29, 1.82) is 0 Å². The monoisotopic (exact) mass is 219 g/mol. The molecule has 0 bridgehead atoms. The average Bonchev–Trinajstić information content (AvgIpc) is 2.14. The molecule has 0 heterocycles. The lowest BCUT2D eigenvalue weighted by atomic mass is 9.64. The third-order valence-corrected chi connectivity index (χ3v) is 2.52. The molecule has 3 nitrogen and oxygen atoms in total.